The van der Waals surface area contributed by atoms with Crippen molar-refractivity contribution in [3.8, 4) is 5.75 Å². The highest BCUT2D eigenvalue weighted by molar-refractivity contribution is 6.32. The number of hydrogen-bond donors (Lipinski definition) is 1. The number of rotatable bonds is 8. The SMILES string of the molecule is CCCCC(CC)CC(O)c1ccc(OC)c(Cl)c1. The molecule has 3 heteroatoms. The number of aliphatic hydroxyl groups is 1. The molecule has 108 valence electrons. The van der Waals surface area contributed by atoms with Crippen LogP contribution in [0.25, 0.3) is 0 Å². The molecule has 0 spiro atoms. The summed E-state index contributed by atoms with van der Waals surface area (Å²) < 4.78 is 5.12. The van der Waals surface area contributed by atoms with E-state index in [1.807, 2.05) is 12.1 Å². The van der Waals surface area contributed by atoms with Crippen molar-refractivity contribution in [1.29, 1.82) is 0 Å². The highest BCUT2D eigenvalue weighted by Crippen LogP contribution is 2.31. The Labute approximate surface area is 121 Å². The van der Waals surface area contributed by atoms with E-state index >= 15 is 0 Å². The maximum absolute atomic E-state index is 10.3. The molecule has 1 N–H and O–H groups in total. The summed E-state index contributed by atoms with van der Waals surface area (Å²) >= 11 is 6.09. The molecule has 2 unspecified atom stereocenters. The molecule has 0 aliphatic carbocycles. The summed E-state index contributed by atoms with van der Waals surface area (Å²) in [5.41, 5.74) is 0.876. The molecule has 0 saturated carbocycles. The second kappa shape index (κ2) is 8.44. The van der Waals surface area contributed by atoms with Gasteiger partial charge in [0.15, 0.2) is 0 Å². The number of benzene rings is 1. The van der Waals surface area contributed by atoms with E-state index in [9.17, 15) is 5.11 Å². The smallest absolute Gasteiger partial charge is 0.137 e. The van der Waals surface area contributed by atoms with Gasteiger partial charge in [-0.15, -0.1) is 0 Å². The Hall–Kier alpha value is -0.730. The number of halogens is 1. The van der Waals surface area contributed by atoms with Gasteiger partial charge >= 0.3 is 0 Å². The Kier molecular flexibility index (Phi) is 7.25. The van der Waals surface area contributed by atoms with Crippen LogP contribution < -0.4 is 4.74 Å². The quantitative estimate of drug-likeness (QED) is 0.729. The molecule has 0 heterocycles. The molecule has 1 rings (SSSR count). The topological polar surface area (TPSA) is 29.5 Å². The van der Waals surface area contributed by atoms with Crippen molar-refractivity contribution in [3.05, 3.63) is 28.8 Å². The summed E-state index contributed by atoms with van der Waals surface area (Å²) in [4.78, 5) is 0. The van der Waals surface area contributed by atoms with E-state index < -0.39 is 6.10 Å². The monoisotopic (exact) mass is 284 g/mol. The molecule has 0 fully saturated rings. The fraction of sp³-hybridized carbons (Fsp3) is 0.625. The van der Waals surface area contributed by atoms with E-state index in [2.05, 4.69) is 13.8 Å². The average Bonchev–Trinajstić information content (AvgIpc) is 2.43. The van der Waals surface area contributed by atoms with Gasteiger partial charge in [0.2, 0.25) is 0 Å². The Bertz CT molecular complexity index is 379. The summed E-state index contributed by atoms with van der Waals surface area (Å²) in [6.07, 6.45) is 5.11. The van der Waals surface area contributed by atoms with Crippen LogP contribution in [0.4, 0.5) is 0 Å². The molecule has 0 aliphatic rings. The van der Waals surface area contributed by atoms with Crippen LogP contribution in [0.2, 0.25) is 5.02 Å². The zero-order chi connectivity index (χ0) is 14.3. The van der Waals surface area contributed by atoms with E-state index in [4.69, 9.17) is 16.3 Å². The van der Waals surface area contributed by atoms with Gasteiger partial charge in [-0.2, -0.15) is 0 Å². The summed E-state index contributed by atoms with van der Waals surface area (Å²) in [5.74, 6) is 1.23. The standard InChI is InChI=1S/C16H25ClO2/c1-4-6-7-12(5-2)10-15(18)13-8-9-16(19-3)14(17)11-13/h8-9,11-12,15,18H,4-7,10H2,1-3H3. The molecule has 19 heavy (non-hydrogen) atoms. The molecule has 0 bridgehead atoms. The Balaban J connectivity index is 2.65. The highest BCUT2D eigenvalue weighted by atomic mass is 35.5. The molecular formula is C16H25ClO2. The van der Waals surface area contributed by atoms with Crippen molar-refractivity contribution in [2.75, 3.05) is 7.11 Å². The van der Waals surface area contributed by atoms with Crippen molar-refractivity contribution in [2.24, 2.45) is 5.92 Å². The van der Waals surface area contributed by atoms with Crippen LogP contribution in [0.3, 0.4) is 0 Å². The van der Waals surface area contributed by atoms with Gasteiger partial charge in [-0.25, -0.2) is 0 Å². The summed E-state index contributed by atoms with van der Waals surface area (Å²) in [6.45, 7) is 4.39. The minimum atomic E-state index is -0.440. The van der Waals surface area contributed by atoms with Gasteiger partial charge in [-0.05, 0) is 30.0 Å². The highest BCUT2D eigenvalue weighted by Gasteiger charge is 2.15. The summed E-state index contributed by atoms with van der Waals surface area (Å²) in [6, 6.07) is 5.51. The predicted octanol–water partition coefficient (Wildman–Crippen LogP) is 4.99. The lowest BCUT2D eigenvalue weighted by atomic mass is 9.90. The van der Waals surface area contributed by atoms with E-state index in [0.717, 1.165) is 18.4 Å². The minimum Gasteiger partial charge on any atom is -0.495 e. The molecule has 0 radical (unpaired) electrons. The van der Waals surface area contributed by atoms with Gasteiger partial charge in [0, 0.05) is 0 Å². The molecule has 1 aromatic carbocycles. The van der Waals surface area contributed by atoms with Gasteiger partial charge in [-0.1, -0.05) is 57.2 Å². The third-order valence-corrected chi connectivity index (χ3v) is 3.96. The van der Waals surface area contributed by atoms with E-state index in [1.54, 1.807) is 13.2 Å². The molecule has 0 aliphatic heterocycles. The van der Waals surface area contributed by atoms with E-state index in [-0.39, 0.29) is 0 Å². The van der Waals surface area contributed by atoms with Crippen LogP contribution in [0.1, 0.15) is 57.6 Å². The number of methoxy groups -OCH3 is 1. The van der Waals surface area contributed by atoms with Gasteiger partial charge in [0.25, 0.3) is 0 Å². The lowest BCUT2D eigenvalue weighted by Gasteiger charge is -2.19. The minimum absolute atomic E-state index is 0.440. The third-order valence-electron chi connectivity index (χ3n) is 3.66. The normalized spacial score (nSPS) is 14.2. The van der Waals surface area contributed by atoms with Gasteiger partial charge in [-0.3, -0.25) is 0 Å². The second-order valence-electron chi connectivity index (χ2n) is 5.06. The number of ether oxygens (including phenoxy) is 1. The van der Waals surface area contributed by atoms with Gasteiger partial charge in [0.05, 0.1) is 18.2 Å². The third kappa shape index (κ3) is 5.04. The predicted molar refractivity (Wildman–Crippen MR) is 80.9 cm³/mol. The first-order valence-electron chi connectivity index (χ1n) is 7.13. The molecule has 2 atom stereocenters. The van der Waals surface area contributed by atoms with Gasteiger partial charge in [0.1, 0.15) is 5.75 Å². The lowest BCUT2D eigenvalue weighted by molar-refractivity contribution is 0.139. The Morgan fingerprint density at radius 2 is 2.05 bits per heavy atom. The van der Waals surface area contributed by atoms with E-state index in [1.165, 1.54) is 19.3 Å². The number of aliphatic hydroxyl groups excluding tert-OH is 1. The zero-order valence-electron chi connectivity index (χ0n) is 12.2. The molecule has 0 aromatic heterocycles. The maximum Gasteiger partial charge on any atom is 0.137 e. The van der Waals surface area contributed by atoms with Crippen LogP contribution in [0, 0.1) is 5.92 Å². The van der Waals surface area contributed by atoms with Gasteiger partial charge < -0.3 is 9.84 Å². The molecule has 0 saturated heterocycles. The molecule has 1 aromatic rings. The molecule has 2 nitrogen and oxygen atoms in total. The van der Waals surface area contributed by atoms with Crippen LogP contribution in [0.5, 0.6) is 5.75 Å². The van der Waals surface area contributed by atoms with Crippen molar-refractivity contribution >= 4 is 11.6 Å². The van der Waals surface area contributed by atoms with Crippen molar-refractivity contribution < 1.29 is 9.84 Å². The first-order valence-corrected chi connectivity index (χ1v) is 7.51. The largest absolute Gasteiger partial charge is 0.495 e. The van der Waals surface area contributed by atoms with Crippen LogP contribution >= 0.6 is 11.6 Å². The number of hydrogen-bond acceptors (Lipinski definition) is 2. The van der Waals surface area contributed by atoms with E-state index in [0.29, 0.717) is 16.7 Å². The summed E-state index contributed by atoms with van der Waals surface area (Å²) in [5, 5.41) is 10.9. The van der Waals surface area contributed by atoms with Crippen molar-refractivity contribution in [1.82, 2.24) is 0 Å². The average molecular weight is 285 g/mol. The molecule has 0 amide bonds. The fourth-order valence-corrected chi connectivity index (χ4v) is 2.59. The second-order valence-corrected chi connectivity index (χ2v) is 5.47. The van der Waals surface area contributed by atoms with Crippen molar-refractivity contribution in [3.63, 3.8) is 0 Å². The van der Waals surface area contributed by atoms with Crippen molar-refractivity contribution in [2.45, 2.75) is 52.1 Å². The Morgan fingerprint density at radius 3 is 2.58 bits per heavy atom. The van der Waals surface area contributed by atoms with Crippen LogP contribution in [-0.4, -0.2) is 12.2 Å². The zero-order valence-corrected chi connectivity index (χ0v) is 12.9. The van der Waals surface area contributed by atoms with Crippen LogP contribution in [0.15, 0.2) is 18.2 Å². The first kappa shape index (κ1) is 16.3. The lowest BCUT2D eigenvalue weighted by Crippen LogP contribution is -2.07. The summed E-state index contributed by atoms with van der Waals surface area (Å²) in [7, 11) is 1.59. The maximum atomic E-state index is 10.3. The Morgan fingerprint density at radius 1 is 1.32 bits per heavy atom. The number of unbranched alkanes of at least 4 members (excludes halogenated alkanes) is 1. The first-order chi connectivity index (χ1) is 9.12. The fourth-order valence-electron chi connectivity index (χ4n) is 2.32. The van der Waals surface area contributed by atoms with Crippen LogP contribution in [-0.2, 0) is 0 Å². The molecular weight excluding hydrogens is 260 g/mol.